The highest BCUT2D eigenvalue weighted by Gasteiger charge is 1.96. The second-order valence-electron chi connectivity index (χ2n) is 12.6. The predicted molar refractivity (Wildman–Crippen MR) is 316 cm³/mol. The summed E-state index contributed by atoms with van der Waals surface area (Å²) in [6.45, 7) is 2.18. The third-order valence-electron chi connectivity index (χ3n) is 7.22. The van der Waals surface area contributed by atoms with E-state index in [9.17, 15) is 0 Å². The first-order chi connectivity index (χ1) is 27.3. The first-order valence-corrected chi connectivity index (χ1v) is 35.5. The fourth-order valence-corrected chi connectivity index (χ4v) is 9.49. The van der Waals surface area contributed by atoms with Gasteiger partial charge in [-0.05, 0) is 89.9 Å². The van der Waals surface area contributed by atoms with Gasteiger partial charge in [-0.3, -0.25) is 0 Å². The molecule has 0 aromatic carbocycles. The van der Waals surface area contributed by atoms with E-state index < -0.39 is 0 Å². The first kappa shape index (κ1) is 76.6. The summed E-state index contributed by atoms with van der Waals surface area (Å²) in [7, 11) is 0. The Morgan fingerprint density at radius 1 is 0.268 bits per heavy atom. The molecule has 1 atom stereocenters. The maximum Gasteiger partial charge on any atom is 0.0223 e. The van der Waals surface area contributed by atoms with Gasteiger partial charge in [-0.25, -0.2) is 0 Å². The lowest BCUT2D eigenvalue weighted by Crippen LogP contribution is -1.93. The van der Waals surface area contributed by atoms with Crippen LogP contribution in [0.1, 0.15) is 180 Å². The molecule has 0 aromatic rings. The van der Waals surface area contributed by atoms with Crippen molar-refractivity contribution in [2.75, 3.05) is 70.4 Å². The normalized spacial score (nSPS) is 10.3. The van der Waals surface area contributed by atoms with Crippen molar-refractivity contribution in [2.45, 2.75) is 185 Å². The molecule has 14 heteroatoms. The molecule has 56 heavy (non-hydrogen) atoms. The van der Waals surface area contributed by atoms with E-state index in [2.05, 4.69) is 198 Å². The zero-order chi connectivity index (χ0) is 43.9. The maximum atomic E-state index is 5.32. The standard InChI is InChI=1S/C10H20Br2.C8H16Br2.C6H12Br2.2C5H10Br2.C4H8Br2.C4H8Cl2/c11-9-7-5-3-1-2-4-6-8-10-12;9-7-5-3-1-2-4-6-8-10;7-5-3-1-2-4-6-8;1-2-5(7)3-4-6;6-4-2-1-3-5-7;2*5-3-1-2-4-6/h1-10H2;1-8H2;1-6H2;5H,2-4H2,1H3;1-5H2;2*1-4H2. The lowest BCUT2D eigenvalue weighted by atomic mass is 10.1. The summed E-state index contributed by atoms with van der Waals surface area (Å²) >= 11 is 51.4. The summed E-state index contributed by atoms with van der Waals surface area (Å²) in [5.41, 5.74) is 0. The number of hydrogen-bond donors (Lipinski definition) is 0. The minimum Gasteiger partial charge on any atom is -0.127 e. The minimum atomic E-state index is 0.715. The molecule has 1 unspecified atom stereocenters. The minimum absolute atomic E-state index is 0.715. The predicted octanol–water partition coefficient (Wildman–Crippen LogP) is 23.0. The molecule has 0 rings (SSSR count). The van der Waals surface area contributed by atoms with Gasteiger partial charge in [0, 0.05) is 75.2 Å². The Morgan fingerprint density at radius 2 is 0.429 bits per heavy atom. The van der Waals surface area contributed by atoms with Crippen molar-refractivity contribution in [2.24, 2.45) is 0 Å². The van der Waals surface area contributed by atoms with E-state index in [1.54, 1.807) is 0 Å². The average Bonchev–Trinajstić information content (AvgIpc) is 3.22. The summed E-state index contributed by atoms with van der Waals surface area (Å²) < 4.78 is 0. The molecule has 0 saturated heterocycles. The summed E-state index contributed by atoms with van der Waals surface area (Å²) in [5.74, 6) is 1.49. The average molecular weight is 1620 g/mol. The lowest BCUT2D eigenvalue weighted by Gasteiger charge is -1.99. The number of unbranched alkanes of at least 4 members (excludes halogenated alkanes) is 19. The molecular weight excluding hydrogens is 1530 g/mol. The zero-order valence-electron chi connectivity index (χ0n) is 35.2. The number of hydrogen-bond acceptors (Lipinski definition) is 0. The van der Waals surface area contributed by atoms with Gasteiger partial charge in [-0.2, -0.15) is 0 Å². The fourth-order valence-electron chi connectivity index (χ4n) is 3.75. The Kier molecular flexibility index (Phi) is 125. The van der Waals surface area contributed by atoms with Gasteiger partial charge in [0.25, 0.3) is 0 Å². The third-order valence-corrected chi connectivity index (χ3v) is 14.9. The molecule has 350 valence electrons. The van der Waals surface area contributed by atoms with Crippen LogP contribution in [-0.4, -0.2) is 75.2 Å². The SMILES string of the molecule is BrCCCCBr.BrCCCCCBr.BrCCCCCCBr.BrCCCCCCCCBr.BrCCCCCCCCCCBr.CCC(Br)CCBr.ClCCCCCl. The summed E-state index contributed by atoms with van der Waals surface area (Å²) in [4.78, 5) is 0.715. The van der Waals surface area contributed by atoms with Crippen LogP contribution in [0.4, 0.5) is 0 Å². The van der Waals surface area contributed by atoms with Crippen LogP contribution in [0.3, 0.4) is 0 Å². The van der Waals surface area contributed by atoms with Gasteiger partial charge in [0.05, 0.1) is 0 Å². The van der Waals surface area contributed by atoms with Gasteiger partial charge < -0.3 is 0 Å². The molecule has 0 saturated carbocycles. The van der Waals surface area contributed by atoms with Crippen molar-refractivity contribution in [1.29, 1.82) is 0 Å². The van der Waals surface area contributed by atoms with E-state index >= 15 is 0 Å². The van der Waals surface area contributed by atoms with E-state index in [-0.39, 0.29) is 0 Å². The Balaban J connectivity index is -0.000000102. The van der Waals surface area contributed by atoms with Gasteiger partial charge in [-0.1, -0.05) is 282 Å². The first-order valence-electron chi connectivity index (χ1n) is 21.2. The second kappa shape index (κ2) is 91.7. The molecule has 0 bridgehead atoms. The van der Waals surface area contributed by atoms with E-state index in [1.807, 2.05) is 0 Å². The van der Waals surface area contributed by atoms with Gasteiger partial charge in [-0.15, -0.1) is 23.2 Å². The number of rotatable bonds is 34. The Morgan fingerprint density at radius 3 is 0.554 bits per heavy atom. The smallest absolute Gasteiger partial charge is 0.0223 e. The summed E-state index contributed by atoms with van der Waals surface area (Å²) in [6, 6.07) is 0. The lowest BCUT2D eigenvalue weighted by molar-refractivity contribution is 0.588. The van der Waals surface area contributed by atoms with Gasteiger partial charge in [0.2, 0.25) is 0 Å². The highest BCUT2D eigenvalue weighted by Crippen LogP contribution is 2.11. The topological polar surface area (TPSA) is 0 Å². The van der Waals surface area contributed by atoms with Crippen LogP contribution in [0.5, 0.6) is 0 Å². The van der Waals surface area contributed by atoms with E-state index in [0.717, 1.165) is 61.9 Å². The van der Waals surface area contributed by atoms with Crippen molar-refractivity contribution >= 4 is 214 Å². The molecule has 0 aliphatic rings. The van der Waals surface area contributed by atoms with Crippen LogP contribution in [-0.2, 0) is 0 Å². The van der Waals surface area contributed by atoms with Crippen LogP contribution >= 0.6 is 214 Å². The highest BCUT2D eigenvalue weighted by atomic mass is 79.9. The van der Waals surface area contributed by atoms with E-state index in [0.29, 0.717) is 4.83 Å². The number of alkyl halides is 14. The molecule has 0 amide bonds. The maximum absolute atomic E-state index is 5.32. The van der Waals surface area contributed by atoms with Gasteiger partial charge in [0.15, 0.2) is 0 Å². The van der Waals surface area contributed by atoms with Crippen molar-refractivity contribution < 1.29 is 0 Å². The highest BCUT2D eigenvalue weighted by molar-refractivity contribution is 9.11. The Bertz CT molecular complexity index is 476. The van der Waals surface area contributed by atoms with Crippen LogP contribution in [0.25, 0.3) is 0 Å². The van der Waals surface area contributed by atoms with Crippen LogP contribution in [0.15, 0.2) is 0 Å². The van der Waals surface area contributed by atoms with Crippen LogP contribution < -0.4 is 0 Å². The fraction of sp³-hybridized carbons (Fsp3) is 1.00. The van der Waals surface area contributed by atoms with Crippen LogP contribution in [0.2, 0.25) is 0 Å². The third kappa shape index (κ3) is 119. The monoisotopic (exact) mass is 1610 g/mol. The Hall–Kier alpha value is 6.34. The van der Waals surface area contributed by atoms with E-state index in [4.69, 9.17) is 23.2 Å². The number of halogens is 14. The quantitative estimate of drug-likeness (QED) is 0.0445. The second-order valence-corrected chi connectivity index (χ2v) is 23.4. The largest absolute Gasteiger partial charge is 0.127 e. The molecule has 0 aliphatic heterocycles. The van der Waals surface area contributed by atoms with Gasteiger partial charge in [0.1, 0.15) is 0 Å². The molecule has 0 aliphatic carbocycles. The summed E-state index contributed by atoms with van der Waals surface area (Å²) in [6.07, 6.45) is 36.0. The van der Waals surface area contributed by atoms with Crippen molar-refractivity contribution in [1.82, 2.24) is 0 Å². The van der Waals surface area contributed by atoms with Crippen LogP contribution in [0, 0.1) is 0 Å². The molecule has 0 radical (unpaired) electrons. The molecule has 0 fully saturated rings. The van der Waals surface area contributed by atoms with Crippen molar-refractivity contribution in [3.05, 3.63) is 0 Å². The molecule has 0 spiro atoms. The van der Waals surface area contributed by atoms with Crippen molar-refractivity contribution in [3.63, 3.8) is 0 Å². The van der Waals surface area contributed by atoms with Gasteiger partial charge >= 0.3 is 0 Å². The molecular formula is C42H84Br12Cl2. The zero-order valence-corrected chi connectivity index (χ0v) is 55.7. The van der Waals surface area contributed by atoms with E-state index in [1.165, 1.54) is 182 Å². The molecule has 0 N–H and O–H groups in total. The molecule has 0 nitrogen and oxygen atoms in total. The Labute approximate surface area is 463 Å². The molecule has 0 heterocycles. The summed E-state index contributed by atoms with van der Waals surface area (Å²) in [5, 5.41) is 12.7. The van der Waals surface area contributed by atoms with Crippen molar-refractivity contribution in [3.8, 4) is 0 Å². The molecule has 0 aromatic heterocycles.